The normalized spacial score (nSPS) is 15.0. The molecule has 0 radical (unpaired) electrons. The van der Waals surface area contributed by atoms with Crippen LogP contribution in [0.5, 0.6) is 0 Å². The van der Waals surface area contributed by atoms with Gasteiger partial charge in [0, 0.05) is 68.2 Å². The Morgan fingerprint density at radius 1 is 1.14 bits per heavy atom. The SMILES string of the molecule is C=CC(=O)NCCNc1cccc(N/C(C)=C/C(=C\N(C)C=O)c2ccnc(N3CCn4c(cc5c4CC(C)(C)C5)C3=O)c2CO)n1.CC. The van der Waals surface area contributed by atoms with Crippen molar-refractivity contribution in [3.05, 3.63) is 95.2 Å². The number of aliphatic hydroxyl groups is 1. The van der Waals surface area contributed by atoms with Crippen LogP contribution in [0.2, 0.25) is 0 Å². The summed E-state index contributed by atoms with van der Waals surface area (Å²) in [6, 6.07) is 9.28. The smallest absolute Gasteiger partial charge is 0.276 e. The van der Waals surface area contributed by atoms with Gasteiger partial charge in [0.1, 0.15) is 23.1 Å². The standard InChI is InChI=1S/C35H42N8O4.C2H6/c1-6-32(46)37-13-12-36-30-8-7-9-31(40-30)39-23(2)16-25(20-41(5)22-45)26-10-11-38-33(27(26)21-44)43-15-14-42-28(34(43)47)17-24-18-35(3,4)19-29(24)42;1-2/h6-11,16-17,20,22,44H,1,12-15,18-19,21H2,2-5H3,(H,37,46)(H2,36,39,40);1-2H3/b23-16+,25-20+;. The van der Waals surface area contributed by atoms with E-state index in [0.29, 0.717) is 78.1 Å². The molecule has 0 spiro atoms. The van der Waals surface area contributed by atoms with Crippen LogP contribution in [0.4, 0.5) is 17.5 Å². The van der Waals surface area contributed by atoms with Crippen LogP contribution in [-0.2, 0) is 35.6 Å². The molecule has 0 aromatic carbocycles. The molecule has 3 aromatic heterocycles. The van der Waals surface area contributed by atoms with Crippen LogP contribution in [0.15, 0.2) is 67.2 Å². The van der Waals surface area contributed by atoms with E-state index in [-0.39, 0.29) is 23.8 Å². The summed E-state index contributed by atoms with van der Waals surface area (Å²) >= 11 is 0. The molecule has 2 aliphatic rings. The van der Waals surface area contributed by atoms with Gasteiger partial charge >= 0.3 is 0 Å². The molecule has 260 valence electrons. The van der Waals surface area contributed by atoms with Gasteiger partial charge in [0.25, 0.3) is 5.91 Å². The van der Waals surface area contributed by atoms with Crippen molar-refractivity contribution in [1.82, 2.24) is 24.8 Å². The molecule has 0 atom stereocenters. The molecule has 0 fully saturated rings. The maximum absolute atomic E-state index is 13.9. The summed E-state index contributed by atoms with van der Waals surface area (Å²) in [5, 5.41) is 19.8. The first-order chi connectivity index (χ1) is 23.5. The van der Waals surface area contributed by atoms with E-state index < -0.39 is 0 Å². The number of carbonyl (C=O) groups is 3. The number of rotatable bonds is 13. The Bertz CT molecular complexity index is 1760. The quantitative estimate of drug-likeness (QED) is 0.0885. The fourth-order valence-electron chi connectivity index (χ4n) is 6.21. The number of aromatic nitrogens is 3. The first-order valence-corrected chi connectivity index (χ1v) is 16.6. The van der Waals surface area contributed by atoms with Crippen LogP contribution < -0.4 is 20.9 Å². The molecule has 0 unspecified atom stereocenters. The largest absolute Gasteiger partial charge is 0.392 e. The number of amides is 3. The molecular weight excluding hydrogens is 620 g/mol. The van der Waals surface area contributed by atoms with E-state index in [1.165, 1.54) is 22.2 Å². The highest BCUT2D eigenvalue weighted by Gasteiger charge is 2.37. The van der Waals surface area contributed by atoms with Crippen LogP contribution in [-0.4, -0.2) is 69.4 Å². The van der Waals surface area contributed by atoms with Crippen LogP contribution in [0.3, 0.4) is 0 Å². The van der Waals surface area contributed by atoms with Crippen molar-refractivity contribution in [3.63, 3.8) is 0 Å². The van der Waals surface area contributed by atoms with Gasteiger partial charge in [-0.15, -0.1) is 0 Å². The minimum atomic E-state index is -0.362. The van der Waals surface area contributed by atoms with E-state index in [0.717, 1.165) is 12.8 Å². The second-order valence-electron chi connectivity index (χ2n) is 12.6. The van der Waals surface area contributed by atoms with E-state index in [1.54, 1.807) is 30.4 Å². The molecule has 5 rings (SSSR count). The molecule has 0 saturated heterocycles. The third kappa shape index (κ3) is 8.63. The summed E-state index contributed by atoms with van der Waals surface area (Å²) in [6.07, 6.45) is 8.92. The molecule has 12 heteroatoms. The summed E-state index contributed by atoms with van der Waals surface area (Å²) in [5.74, 6) is 1.22. The lowest BCUT2D eigenvalue weighted by Gasteiger charge is -2.31. The lowest BCUT2D eigenvalue weighted by atomic mass is 9.90. The van der Waals surface area contributed by atoms with E-state index >= 15 is 0 Å². The van der Waals surface area contributed by atoms with Crippen molar-refractivity contribution in [2.24, 2.45) is 5.41 Å². The highest BCUT2D eigenvalue weighted by molar-refractivity contribution is 6.06. The summed E-state index contributed by atoms with van der Waals surface area (Å²) in [6.45, 7) is 15.4. The third-order valence-corrected chi connectivity index (χ3v) is 8.25. The van der Waals surface area contributed by atoms with Gasteiger partial charge in [0.15, 0.2) is 0 Å². The Morgan fingerprint density at radius 3 is 2.61 bits per heavy atom. The van der Waals surface area contributed by atoms with Gasteiger partial charge < -0.3 is 30.5 Å². The zero-order valence-corrected chi connectivity index (χ0v) is 29.3. The monoisotopic (exact) mass is 668 g/mol. The highest BCUT2D eigenvalue weighted by atomic mass is 16.3. The topological polar surface area (TPSA) is 145 Å². The van der Waals surface area contributed by atoms with Gasteiger partial charge in [-0.05, 0) is 72.7 Å². The number of hydrogen-bond acceptors (Lipinski definition) is 8. The third-order valence-electron chi connectivity index (χ3n) is 8.25. The minimum absolute atomic E-state index is 0.144. The lowest BCUT2D eigenvalue weighted by Crippen LogP contribution is -2.41. The van der Waals surface area contributed by atoms with Gasteiger partial charge in [0.2, 0.25) is 12.3 Å². The van der Waals surface area contributed by atoms with E-state index in [2.05, 4.69) is 50.9 Å². The molecule has 1 aliphatic heterocycles. The Labute approximate surface area is 288 Å². The molecule has 0 bridgehead atoms. The molecule has 1 aliphatic carbocycles. The van der Waals surface area contributed by atoms with Gasteiger partial charge in [-0.2, -0.15) is 0 Å². The maximum Gasteiger partial charge on any atom is 0.276 e. The predicted molar refractivity (Wildman–Crippen MR) is 194 cm³/mol. The number of hydrogen-bond donors (Lipinski definition) is 4. The van der Waals surface area contributed by atoms with Crippen LogP contribution in [0.1, 0.15) is 67.5 Å². The number of pyridine rings is 2. The molecule has 12 nitrogen and oxygen atoms in total. The fraction of sp³-hybridized carbons (Fsp3) is 0.378. The van der Waals surface area contributed by atoms with Crippen molar-refractivity contribution in [2.45, 2.75) is 60.6 Å². The van der Waals surface area contributed by atoms with Crippen LogP contribution in [0.25, 0.3) is 5.57 Å². The fourth-order valence-corrected chi connectivity index (χ4v) is 6.21. The van der Waals surface area contributed by atoms with E-state index in [9.17, 15) is 19.5 Å². The molecule has 0 saturated carbocycles. The maximum atomic E-state index is 13.9. The van der Waals surface area contributed by atoms with Crippen molar-refractivity contribution in [1.29, 1.82) is 0 Å². The van der Waals surface area contributed by atoms with E-state index in [1.807, 2.05) is 51.1 Å². The summed E-state index contributed by atoms with van der Waals surface area (Å²) in [5.41, 5.74) is 5.76. The number of carbonyl (C=O) groups excluding carboxylic acids is 3. The number of allylic oxidation sites excluding steroid dienone is 3. The van der Waals surface area contributed by atoms with Crippen molar-refractivity contribution in [3.8, 4) is 0 Å². The zero-order chi connectivity index (χ0) is 35.7. The molecule has 3 amide bonds. The molecule has 4 heterocycles. The Balaban J connectivity index is 0.00000265. The first-order valence-electron chi connectivity index (χ1n) is 16.6. The van der Waals surface area contributed by atoms with Crippen molar-refractivity contribution in [2.75, 3.05) is 42.2 Å². The van der Waals surface area contributed by atoms with Gasteiger partial charge in [-0.3, -0.25) is 19.3 Å². The van der Waals surface area contributed by atoms with Crippen molar-refractivity contribution < 1.29 is 19.5 Å². The van der Waals surface area contributed by atoms with Crippen LogP contribution in [0, 0.1) is 5.41 Å². The van der Waals surface area contributed by atoms with Gasteiger partial charge in [-0.25, -0.2) is 9.97 Å². The van der Waals surface area contributed by atoms with Crippen LogP contribution >= 0.6 is 0 Å². The second-order valence-corrected chi connectivity index (χ2v) is 12.6. The second kappa shape index (κ2) is 16.2. The Hall–Kier alpha value is -5.23. The number of nitrogens with zero attached hydrogens (tertiary/aromatic N) is 5. The number of nitrogens with one attached hydrogen (secondary N) is 3. The first kappa shape index (κ1) is 36.6. The highest BCUT2D eigenvalue weighted by Crippen LogP contribution is 2.40. The molecular formula is C37H48N8O4. The molecule has 3 aromatic rings. The predicted octanol–water partition coefficient (Wildman–Crippen LogP) is 4.74. The average Bonchev–Trinajstić information content (AvgIpc) is 3.59. The summed E-state index contributed by atoms with van der Waals surface area (Å²) < 4.78 is 2.15. The molecule has 4 N–H and O–H groups in total. The lowest BCUT2D eigenvalue weighted by molar-refractivity contribution is -0.116. The summed E-state index contributed by atoms with van der Waals surface area (Å²) in [7, 11) is 1.63. The van der Waals surface area contributed by atoms with Gasteiger partial charge in [-0.1, -0.05) is 40.3 Å². The van der Waals surface area contributed by atoms with Gasteiger partial charge in [0.05, 0.1) is 6.61 Å². The summed E-state index contributed by atoms with van der Waals surface area (Å²) in [4.78, 5) is 49.1. The minimum Gasteiger partial charge on any atom is -0.392 e. The molecule has 49 heavy (non-hydrogen) atoms. The zero-order valence-electron chi connectivity index (χ0n) is 29.3. The Kier molecular flexibility index (Phi) is 12.1. The van der Waals surface area contributed by atoms with Crippen molar-refractivity contribution >= 4 is 41.3 Å². The number of aliphatic hydroxyl groups excluding tert-OH is 1. The Morgan fingerprint density at radius 2 is 1.90 bits per heavy atom. The number of anilines is 3. The number of fused-ring (bicyclic) bond motifs is 3. The van der Waals surface area contributed by atoms with E-state index in [4.69, 9.17) is 0 Å². The average molecular weight is 669 g/mol.